The van der Waals surface area contributed by atoms with Crippen LogP contribution in [0.1, 0.15) is 22.3 Å². The van der Waals surface area contributed by atoms with Gasteiger partial charge in [-0.05, 0) is 28.3 Å². The highest BCUT2D eigenvalue weighted by Gasteiger charge is 2.50. The molecule has 8 nitrogen and oxygen atoms in total. The molecule has 0 radical (unpaired) electrons. The van der Waals surface area contributed by atoms with Gasteiger partial charge in [0.25, 0.3) is 0 Å². The Balaban J connectivity index is 1.48. The Labute approximate surface area is 275 Å². The summed E-state index contributed by atoms with van der Waals surface area (Å²) in [5.41, 5.74) is 3.84. The van der Waals surface area contributed by atoms with Crippen molar-refractivity contribution in [3.63, 3.8) is 0 Å². The molecule has 0 aromatic heterocycles. The molecule has 0 aliphatic carbocycles. The van der Waals surface area contributed by atoms with Gasteiger partial charge in [-0.1, -0.05) is 121 Å². The first kappa shape index (κ1) is 33.9. The van der Waals surface area contributed by atoms with E-state index in [1.807, 2.05) is 121 Å². The Hall–Kier alpha value is -4.44. The van der Waals surface area contributed by atoms with Crippen LogP contribution in [0.4, 0.5) is 0 Å². The Kier molecular flexibility index (Phi) is 13.0. The Bertz CT molecular complexity index is 1530. The fourth-order valence-corrected chi connectivity index (χ4v) is 5.33. The summed E-state index contributed by atoms with van der Waals surface area (Å²) >= 11 is 0. The largest absolute Gasteiger partial charge is 0.466 e. The maximum Gasteiger partial charge on any atom is 0.330 e. The van der Waals surface area contributed by atoms with E-state index in [2.05, 4.69) is 0 Å². The van der Waals surface area contributed by atoms with Crippen molar-refractivity contribution in [3.8, 4) is 0 Å². The van der Waals surface area contributed by atoms with Crippen molar-refractivity contribution in [1.29, 1.82) is 0 Å². The van der Waals surface area contributed by atoms with Crippen molar-refractivity contribution in [3.05, 3.63) is 156 Å². The lowest BCUT2D eigenvalue weighted by atomic mass is 9.91. The number of carbonyl (C=O) groups is 2. The Morgan fingerprint density at radius 1 is 0.574 bits per heavy atom. The van der Waals surface area contributed by atoms with Crippen molar-refractivity contribution in [2.75, 3.05) is 13.7 Å². The molecule has 0 unspecified atom stereocenters. The highest BCUT2D eigenvalue weighted by molar-refractivity contribution is 5.98. The first-order valence-electron chi connectivity index (χ1n) is 15.6. The van der Waals surface area contributed by atoms with Crippen LogP contribution in [-0.4, -0.2) is 56.0 Å². The van der Waals surface area contributed by atoms with Gasteiger partial charge in [-0.25, -0.2) is 4.79 Å². The van der Waals surface area contributed by atoms with Crippen LogP contribution in [0.3, 0.4) is 0 Å². The van der Waals surface area contributed by atoms with Crippen LogP contribution in [-0.2, 0) is 64.4 Å². The van der Waals surface area contributed by atoms with Crippen LogP contribution in [0.2, 0.25) is 0 Å². The van der Waals surface area contributed by atoms with Gasteiger partial charge in [-0.3, -0.25) is 4.79 Å². The van der Waals surface area contributed by atoms with Gasteiger partial charge in [-0.15, -0.1) is 0 Å². The summed E-state index contributed by atoms with van der Waals surface area (Å²) in [4.78, 5) is 25.7. The third kappa shape index (κ3) is 10.3. The molecule has 47 heavy (non-hydrogen) atoms. The Morgan fingerprint density at radius 3 is 1.47 bits per heavy atom. The maximum atomic E-state index is 13.8. The third-order valence-corrected chi connectivity index (χ3v) is 7.75. The number of ether oxygens (including phenoxy) is 6. The summed E-state index contributed by atoms with van der Waals surface area (Å²) in [5, 5.41) is 0. The first-order chi connectivity index (χ1) is 23.1. The minimum absolute atomic E-state index is 0.120. The first-order valence-corrected chi connectivity index (χ1v) is 15.6. The fraction of sp³-hybridized carbons (Fsp3) is 0.282. The van der Waals surface area contributed by atoms with Gasteiger partial charge in [0.1, 0.15) is 30.5 Å². The normalized spacial score (nSPS) is 21.0. The molecule has 1 heterocycles. The highest BCUT2D eigenvalue weighted by Crippen LogP contribution is 2.32. The van der Waals surface area contributed by atoms with E-state index in [-0.39, 0.29) is 26.4 Å². The monoisotopic (exact) mass is 636 g/mol. The quantitative estimate of drug-likeness (QED) is 0.109. The van der Waals surface area contributed by atoms with E-state index < -0.39 is 42.3 Å². The van der Waals surface area contributed by atoms with E-state index in [0.717, 1.165) is 34.4 Å². The second kappa shape index (κ2) is 18.0. The molecule has 5 atom stereocenters. The second-order valence-electron chi connectivity index (χ2n) is 11.1. The van der Waals surface area contributed by atoms with Crippen LogP contribution in [0.5, 0.6) is 0 Å². The van der Waals surface area contributed by atoms with Crippen molar-refractivity contribution in [2.24, 2.45) is 0 Å². The minimum atomic E-state index is -1.12. The van der Waals surface area contributed by atoms with Gasteiger partial charge in [0.05, 0.1) is 40.1 Å². The predicted octanol–water partition coefficient (Wildman–Crippen LogP) is 6.03. The van der Waals surface area contributed by atoms with Crippen LogP contribution in [0.25, 0.3) is 0 Å². The van der Waals surface area contributed by atoms with Gasteiger partial charge in [0.2, 0.25) is 0 Å². The smallest absolute Gasteiger partial charge is 0.330 e. The Morgan fingerprint density at radius 2 is 1.00 bits per heavy atom. The molecule has 1 saturated heterocycles. The summed E-state index contributed by atoms with van der Waals surface area (Å²) in [5.74, 6) is -1.11. The van der Waals surface area contributed by atoms with E-state index in [9.17, 15) is 9.59 Å². The van der Waals surface area contributed by atoms with Crippen LogP contribution in [0.15, 0.2) is 133 Å². The number of rotatable bonds is 16. The van der Waals surface area contributed by atoms with E-state index in [4.69, 9.17) is 28.4 Å². The number of esters is 1. The van der Waals surface area contributed by atoms with Gasteiger partial charge in [0, 0.05) is 6.08 Å². The fourth-order valence-electron chi connectivity index (χ4n) is 5.33. The third-order valence-electron chi connectivity index (χ3n) is 7.75. The van der Waals surface area contributed by atoms with Crippen molar-refractivity contribution in [2.45, 2.75) is 56.9 Å². The van der Waals surface area contributed by atoms with Crippen molar-refractivity contribution >= 4 is 11.8 Å². The molecule has 5 rings (SSSR count). The standard InChI is InChI=1S/C39H40O8/c1-42-35(41)23-22-33(40)36-38(45-26-31-18-10-4-11-19-31)39(46-27-32-20-12-5-13-21-32)37(44-25-30-16-8-3-9-17-30)34(47-36)28-43-24-29-14-6-2-7-15-29/h2-23,34,36-39H,24-28H2,1H3/b23-22+/t34-,36+,37-,38+,39+/m1/s1. The lowest BCUT2D eigenvalue weighted by Gasteiger charge is -2.45. The summed E-state index contributed by atoms with van der Waals surface area (Å²) < 4.78 is 37.1. The molecule has 1 fully saturated rings. The highest BCUT2D eigenvalue weighted by atomic mass is 16.6. The molecule has 244 valence electrons. The molecule has 0 spiro atoms. The number of benzene rings is 4. The lowest BCUT2D eigenvalue weighted by Crippen LogP contribution is -2.62. The van der Waals surface area contributed by atoms with Crippen LogP contribution < -0.4 is 0 Å². The zero-order valence-corrected chi connectivity index (χ0v) is 26.4. The molecule has 0 saturated carbocycles. The van der Waals surface area contributed by atoms with Gasteiger partial charge >= 0.3 is 5.97 Å². The van der Waals surface area contributed by atoms with Crippen molar-refractivity contribution in [1.82, 2.24) is 0 Å². The van der Waals surface area contributed by atoms with Crippen LogP contribution >= 0.6 is 0 Å². The number of hydrogen-bond donors (Lipinski definition) is 0. The average Bonchev–Trinajstić information content (AvgIpc) is 3.13. The molecule has 4 aromatic rings. The predicted molar refractivity (Wildman–Crippen MR) is 176 cm³/mol. The van der Waals surface area contributed by atoms with E-state index in [1.54, 1.807) is 0 Å². The van der Waals surface area contributed by atoms with E-state index in [0.29, 0.717) is 6.61 Å². The number of methoxy groups -OCH3 is 1. The molecule has 8 heteroatoms. The summed E-state index contributed by atoms with van der Waals surface area (Å²) in [6, 6.07) is 39.1. The SMILES string of the molecule is COC(=O)/C=C/C(=O)[C@@H]1O[C@H](COCc2ccccc2)[C@@H](OCc2ccccc2)[C@H](OCc2ccccc2)[C@H]1OCc1ccccc1. The molecular weight excluding hydrogens is 596 g/mol. The molecule has 4 aromatic carbocycles. The molecule has 1 aliphatic rings. The molecule has 1 aliphatic heterocycles. The summed E-state index contributed by atoms with van der Waals surface area (Å²) in [6.45, 7) is 1.19. The number of hydrogen-bond acceptors (Lipinski definition) is 8. The van der Waals surface area contributed by atoms with E-state index in [1.165, 1.54) is 7.11 Å². The molecular formula is C39H40O8. The van der Waals surface area contributed by atoms with Gasteiger partial charge in [-0.2, -0.15) is 0 Å². The van der Waals surface area contributed by atoms with Gasteiger partial charge < -0.3 is 28.4 Å². The zero-order valence-electron chi connectivity index (χ0n) is 26.4. The zero-order chi connectivity index (χ0) is 32.7. The van der Waals surface area contributed by atoms with Gasteiger partial charge in [0.15, 0.2) is 5.78 Å². The van der Waals surface area contributed by atoms with Crippen LogP contribution in [0, 0.1) is 0 Å². The van der Waals surface area contributed by atoms with Crippen molar-refractivity contribution < 1.29 is 38.0 Å². The summed E-state index contributed by atoms with van der Waals surface area (Å²) in [7, 11) is 1.25. The summed E-state index contributed by atoms with van der Waals surface area (Å²) in [6.07, 6.45) is -1.90. The molecule has 0 bridgehead atoms. The lowest BCUT2D eigenvalue weighted by molar-refractivity contribution is -0.266. The topological polar surface area (TPSA) is 89.5 Å². The number of ketones is 1. The minimum Gasteiger partial charge on any atom is -0.466 e. The molecule has 0 N–H and O–H groups in total. The molecule has 0 amide bonds. The maximum absolute atomic E-state index is 13.8. The second-order valence-corrected chi connectivity index (χ2v) is 11.1. The van der Waals surface area contributed by atoms with E-state index >= 15 is 0 Å². The average molecular weight is 637 g/mol. The number of carbonyl (C=O) groups excluding carboxylic acids is 2.